The third-order valence-corrected chi connectivity index (χ3v) is 4.41. The fraction of sp³-hybridized carbons (Fsp3) is 0.238. The molecule has 0 saturated carbocycles. The third kappa shape index (κ3) is 3.89. The van der Waals surface area contributed by atoms with E-state index in [4.69, 9.17) is 4.74 Å². The van der Waals surface area contributed by atoms with Crippen LogP contribution in [0.3, 0.4) is 0 Å². The lowest BCUT2D eigenvalue weighted by Crippen LogP contribution is -2.22. The molecule has 3 rings (SSSR count). The zero-order valence-electron chi connectivity index (χ0n) is 14.3. The highest BCUT2D eigenvalue weighted by Crippen LogP contribution is 2.26. The average Bonchev–Trinajstić information content (AvgIpc) is 2.61. The molecule has 0 fully saturated rings. The van der Waals surface area contributed by atoms with E-state index in [1.54, 1.807) is 7.11 Å². The third-order valence-electron chi connectivity index (χ3n) is 4.41. The summed E-state index contributed by atoms with van der Waals surface area (Å²) in [7, 11) is 1.69. The van der Waals surface area contributed by atoms with E-state index in [1.807, 2.05) is 12.1 Å². The second-order valence-corrected chi connectivity index (χ2v) is 5.95. The summed E-state index contributed by atoms with van der Waals surface area (Å²) in [5.41, 5.74) is 2.60. The number of halogens is 1. The average molecular weight is 342 g/mol. The molecule has 2 unspecified atom stereocenters. The summed E-state index contributed by atoms with van der Waals surface area (Å²) in [6, 6.07) is 23.9. The van der Waals surface area contributed by atoms with Crippen LogP contribution in [0.15, 0.2) is 66.7 Å². The molecule has 0 aromatic heterocycles. The normalized spacial score (nSPS) is 13.1. The van der Waals surface area contributed by atoms with Crippen molar-refractivity contribution >= 4 is 23.2 Å². The molecule has 2 atom stereocenters. The van der Waals surface area contributed by atoms with Crippen molar-refractivity contribution in [2.45, 2.75) is 25.9 Å². The van der Waals surface area contributed by atoms with Gasteiger partial charge in [-0.1, -0.05) is 54.6 Å². The lowest BCUT2D eigenvalue weighted by atomic mass is 9.98. The zero-order valence-corrected chi connectivity index (χ0v) is 15.1. The van der Waals surface area contributed by atoms with Crippen molar-refractivity contribution in [2.24, 2.45) is 0 Å². The Morgan fingerprint density at radius 2 is 1.46 bits per heavy atom. The first kappa shape index (κ1) is 18.3. The van der Waals surface area contributed by atoms with Gasteiger partial charge in [-0.25, -0.2) is 0 Å². The Morgan fingerprint density at radius 1 is 0.792 bits per heavy atom. The molecule has 2 nitrogen and oxygen atoms in total. The molecule has 3 aromatic rings. The van der Waals surface area contributed by atoms with Gasteiger partial charge in [0.2, 0.25) is 0 Å². The van der Waals surface area contributed by atoms with Gasteiger partial charge in [0.15, 0.2) is 0 Å². The summed E-state index contributed by atoms with van der Waals surface area (Å²) >= 11 is 0. The number of benzene rings is 3. The van der Waals surface area contributed by atoms with Crippen molar-refractivity contribution in [3.63, 3.8) is 0 Å². The second-order valence-electron chi connectivity index (χ2n) is 5.95. The van der Waals surface area contributed by atoms with E-state index in [1.165, 1.54) is 21.9 Å². The lowest BCUT2D eigenvalue weighted by molar-refractivity contribution is 0.414. The van der Waals surface area contributed by atoms with Crippen LogP contribution in [0, 0.1) is 0 Å². The Labute approximate surface area is 150 Å². The summed E-state index contributed by atoms with van der Waals surface area (Å²) in [4.78, 5) is 0. The first-order valence-corrected chi connectivity index (χ1v) is 8.06. The number of hydrogen-bond acceptors (Lipinski definition) is 2. The Balaban J connectivity index is 0.00000208. The van der Waals surface area contributed by atoms with Crippen LogP contribution < -0.4 is 10.1 Å². The highest BCUT2D eigenvalue weighted by Gasteiger charge is 2.13. The monoisotopic (exact) mass is 341 g/mol. The van der Waals surface area contributed by atoms with Gasteiger partial charge in [-0.15, -0.1) is 12.4 Å². The molecule has 3 aromatic carbocycles. The van der Waals surface area contributed by atoms with Crippen LogP contribution in [0.4, 0.5) is 0 Å². The van der Waals surface area contributed by atoms with Crippen LogP contribution in [0.1, 0.15) is 37.1 Å². The van der Waals surface area contributed by atoms with Gasteiger partial charge >= 0.3 is 0 Å². The van der Waals surface area contributed by atoms with Crippen molar-refractivity contribution in [3.05, 3.63) is 77.9 Å². The number of hydrogen-bond donors (Lipinski definition) is 1. The molecule has 0 bridgehead atoms. The van der Waals surface area contributed by atoms with E-state index in [9.17, 15) is 0 Å². The van der Waals surface area contributed by atoms with Gasteiger partial charge in [0.1, 0.15) is 5.75 Å². The lowest BCUT2D eigenvalue weighted by Gasteiger charge is -2.22. The van der Waals surface area contributed by atoms with Crippen LogP contribution in [-0.4, -0.2) is 7.11 Å². The largest absolute Gasteiger partial charge is 0.497 e. The van der Waals surface area contributed by atoms with E-state index in [0.717, 1.165) is 5.75 Å². The van der Waals surface area contributed by atoms with Crippen LogP contribution in [-0.2, 0) is 0 Å². The highest BCUT2D eigenvalue weighted by molar-refractivity contribution is 5.86. The summed E-state index contributed by atoms with van der Waals surface area (Å²) in [6.07, 6.45) is 0. The van der Waals surface area contributed by atoms with E-state index in [-0.39, 0.29) is 24.5 Å². The molecule has 0 radical (unpaired) electrons. The standard InChI is InChI=1S/C21H23NO.ClH/c1-15(17-11-13-19(23-3)14-12-17)22-16(2)20-10-6-8-18-7-4-5-9-21(18)20;/h4-16,22H,1-3H3;1H. The molecule has 0 amide bonds. The molecule has 0 spiro atoms. The van der Waals surface area contributed by atoms with Gasteiger partial charge in [-0.3, -0.25) is 0 Å². The summed E-state index contributed by atoms with van der Waals surface area (Å²) in [5, 5.41) is 6.31. The number of rotatable bonds is 5. The Bertz CT molecular complexity index is 780. The first-order valence-electron chi connectivity index (χ1n) is 8.06. The van der Waals surface area contributed by atoms with Gasteiger partial charge in [0.05, 0.1) is 7.11 Å². The number of ether oxygens (including phenoxy) is 1. The van der Waals surface area contributed by atoms with Gasteiger partial charge in [-0.2, -0.15) is 0 Å². The van der Waals surface area contributed by atoms with Crippen LogP contribution in [0.5, 0.6) is 5.75 Å². The number of methoxy groups -OCH3 is 1. The summed E-state index contributed by atoms with van der Waals surface area (Å²) < 4.78 is 5.23. The molecular weight excluding hydrogens is 318 g/mol. The van der Waals surface area contributed by atoms with E-state index < -0.39 is 0 Å². The number of nitrogens with one attached hydrogen (secondary N) is 1. The van der Waals surface area contributed by atoms with Crippen LogP contribution in [0.25, 0.3) is 10.8 Å². The first-order chi connectivity index (χ1) is 11.2. The molecule has 0 aliphatic carbocycles. The SMILES string of the molecule is COc1ccc(C(C)NC(C)c2cccc3ccccc23)cc1.Cl. The van der Waals surface area contributed by atoms with Gasteiger partial charge in [-0.05, 0) is 47.9 Å². The molecule has 0 aliphatic rings. The summed E-state index contributed by atoms with van der Waals surface area (Å²) in [5.74, 6) is 0.892. The molecular formula is C21H24ClNO. The molecule has 0 aliphatic heterocycles. The zero-order chi connectivity index (χ0) is 16.2. The quantitative estimate of drug-likeness (QED) is 0.644. The predicted molar refractivity (Wildman–Crippen MR) is 104 cm³/mol. The highest BCUT2D eigenvalue weighted by atomic mass is 35.5. The van der Waals surface area contributed by atoms with E-state index in [2.05, 4.69) is 73.8 Å². The van der Waals surface area contributed by atoms with Gasteiger partial charge in [0.25, 0.3) is 0 Å². The predicted octanol–water partition coefficient (Wildman–Crippen LogP) is 5.68. The van der Waals surface area contributed by atoms with Crippen molar-refractivity contribution in [1.82, 2.24) is 5.32 Å². The molecule has 24 heavy (non-hydrogen) atoms. The molecule has 1 N–H and O–H groups in total. The maximum atomic E-state index is 5.23. The minimum Gasteiger partial charge on any atom is -0.497 e. The molecule has 0 heterocycles. The van der Waals surface area contributed by atoms with Crippen molar-refractivity contribution < 1.29 is 4.74 Å². The summed E-state index contributed by atoms with van der Waals surface area (Å²) in [6.45, 7) is 4.42. The maximum Gasteiger partial charge on any atom is 0.118 e. The molecule has 0 saturated heterocycles. The van der Waals surface area contributed by atoms with Crippen molar-refractivity contribution in [2.75, 3.05) is 7.11 Å². The molecule has 3 heteroatoms. The Kier molecular flexibility index (Phi) is 6.24. The fourth-order valence-electron chi connectivity index (χ4n) is 3.08. The number of fused-ring (bicyclic) bond motifs is 1. The molecule has 126 valence electrons. The maximum absolute atomic E-state index is 5.23. The van der Waals surface area contributed by atoms with E-state index >= 15 is 0 Å². The van der Waals surface area contributed by atoms with Crippen molar-refractivity contribution in [1.29, 1.82) is 0 Å². The second kappa shape index (κ2) is 8.18. The Hall–Kier alpha value is -2.03. The minimum absolute atomic E-state index is 0. The topological polar surface area (TPSA) is 21.3 Å². The van der Waals surface area contributed by atoms with Crippen LogP contribution in [0.2, 0.25) is 0 Å². The van der Waals surface area contributed by atoms with E-state index in [0.29, 0.717) is 0 Å². The fourth-order valence-corrected chi connectivity index (χ4v) is 3.08. The minimum atomic E-state index is 0. The smallest absolute Gasteiger partial charge is 0.118 e. The van der Waals surface area contributed by atoms with Crippen molar-refractivity contribution in [3.8, 4) is 5.75 Å². The Morgan fingerprint density at radius 3 is 2.17 bits per heavy atom. The van der Waals surface area contributed by atoms with Gasteiger partial charge in [0, 0.05) is 12.1 Å². The van der Waals surface area contributed by atoms with Gasteiger partial charge < -0.3 is 10.1 Å². The van der Waals surface area contributed by atoms with Crippen LogP contribution >= 0.6 is 12.4 Å².